The molecular weight excluding hydrogens is 1150 g/mol. The van der Waals surface area contributed by atoms with Crippen molar-refractivity contribution in [2.45, 2.75) is 157 Å². The van der Waals surface area contributed by atoms with Gasteiger partial charge in [0.15, 0.2) is 0 Å². The van der Waals surface area contributed by atoms with Gasteiger partial charge in [0, 0.05) is 39.5 Å². The minimum atomic E-state index is -2.95. The topological polar surface area (TPSA) is 35.9 Å². The Morgan fingerprint density at radius 3 is 1.63 bits per heavy atom. The number of nitrogens with zero attached hydrogens (tertiary/aromatic N) is 4. The zero-order chi connectivity index (χ0) is 76.6. The van der Waals surface area contributed by atoms with Gasteiger partial charge >= 0.3 is 0 Å². The van der Waals surface area contributed by atoms with Crippen molar-refractivity contribution in [2.75, 3.05) is 0 Å². The van der Waals surface area contributed by atoms with Crippen molar-refractivity contribution in [3.63, 3.8) is 0 Å². The summed E-state index contributed by atoms with van der Waals surface area (Å²) in [6, 6.07) is 62.6. The minimum absolute atomic E-state index is 0.0923. The summed E-state index contributed by atoms with van der Waals surface area (Å²) in [5.74, 6) is 1.85. The maximum atomic E-state index is 9.43. The number of pyridine rings is 1. The van der Waals surface area contributed by atoms with Crippen LogP contribution in [0.25, 0.3) is 117 Å². The van der Waals surface area contributed by atoms with Gasteiger partial charge in [-0.05, 0) is 257 Å². The molecule has 15 rings (SSSR count). The molecule has 0 saturated heterocycles. The minimum Gasteiger partial charge on any atom is -0.458 e. The maximum absolute atomic E-state index is 9.43. The summed E-state index contributed by atoms with van der Waals surface area (Å²) in [6.07, 6.45) is 7.52. The van der Waals surface area contributed by atoms with Crippen LogP contribution in [-0.2, 0) is 27.1 Å². The van der Waals surface area contributed by atoms with E-state index in [2.05, 4.69) is 192 Å². The van der Waals surface area contributed by atoms with Gasteiger partial charge < -0.3 is 4.74 Å². The van der Waals surface area contributed by atoms with E-state index in [1.54, 1.807) is 6.07 Å². The Bertz CT molecular complexity index is 5720. The third-order valence-corrected chi connectivity index (χ3v) is 20.4. The molecule has 4 heterocycles. The second kappa shape index (κ2) is 22.0. The van der Waals surface area contributed by atoms with E-state index in [9.17, 15) is 8.22 Å². The van der Waals surface area contributed by atoms with Gasteiger partial charge in [-0.15, -0.1) is 0 Å². The van der Waals surface area contributed by atoms with Crippen LogP contribution in [-0.4, -0.2) is 14.1 Å². The predicted molar refractivity (Wildman–Crippen MR) is 399 cm³/mol. The lowest BCUT2D eigenvalue weighted by molar-refractivity contribution is -0.570. The highest BCUT2D eigenvalue weighted by molar-refractivity contribution is 6.10. The smallest absolute Gasteiger partial charge is 0.269 e. The first-order valence-corrected chi connectivity index (χ1v) is 33.2. The highest BCUT2D eigenvalue weighted by Gasteiger charge is 2.40. The van der Waals surface area contributed by atoms with E-state index in [0.717, 1.165) is 102 Å². The van der Waals surface area contributed by atoms with Gasteiger partial charge in [-0.2, -0.15) is 0 Å². The molecule has 0 amide bonds. The standard InChI is InChI=1S/C90H88N4O/c1-54-25-22-26-55(2)82(54)60-44-74-72-52-77-76(89(14,15)38-39-90(77,16)17)51-71(72)67-31-18-19-32-68(67)73-43-59(58-41-62(87(8,9)10)47-63(42-58)88(11,12)13)46-80-85(73)93(84(74)75(45-60)83-56(3)27-23-28-57(83)4)53-92(80)64-29-24-30-65(49-64)95-66-35-36-70-69-33-20-21-34-78(69)94(79(70)50-66)81-48-61(37-40-91-81)86(5,6)7/h18-37,40-52H,38-39H2,1-17H3/i1D3,2D3,3D3,4D3. The van der Waals surface area contributed by atoms with Gasteiger partial charge in [0.25, 0.3) is 6.33 Å². The van der Waals surface area contributed by atoms with Crippen LogP contribution in [0.1, 0.15) is 169 Å². The lowest BCUT2D eigenvalue weighted by atomic mass is 9.62. The van der Waals surface area contributed by atoms with Crippen LogP contribution >= 0.6 is 0 Å². The Kier molecular flexibility index (Phi) is 11.4. The molecule has 1 aliphatic carbocycles. The quantitative estimate of drug-likeness (QED) is 0.118. The monoisotopic (exact) mass is 1250 g/mol. The van der Waals surface area contributed by atoms with E-state index in [0.29, 0.717) is 45.0 Å². The Morgan fingerprint density at radius 2 is 0.989 bits per heavy atom. The van der Waals surface area contributed by atoms with E-state index in [-0.39, 0.29) is 66.2 Å². The van der Waals surface area contributed by atoms with Gasteiger partial charge in [-0.25, -0.2) is 4.98 Å². The molecule has 0 N–H and O–H groups in total. The number of ether oxygens (including phenoxy) is 1. The van der Waals surface area contributed by atoms with E-state index in [1.165, 1.54) is 36.4 Å². The molecule has 13 aromatic rings. The molecule has 474 valence electrons. The molecule has 0 unspecified atom stereocenters. The van der Waals surface area contributed by atoms with E-state index >= 15 is 0 Å². The van der Waals surface area contributed by atoms with Gasteiger partial charge in [-0.3, -0.25) is 13.7 Å². The largest absolute Gasteiger partial charge is 0.458 e. The van der Waals surface area contributed by atoms with Gasteiger partial charge in [-0.1, -0.05) is 205 Å². The normalized spacial score (nSPS) is 16.6. The van der Waals surface area contributed by atoms with Crippen LogP contribution in [0.4, 0.5) is 0 Å². The first-order valence-electron chi connectivity index (χ1n) is 39.2. The predicted octanol–water partition coefficient (Wildman–Crippen LogP) is 23.8. The van der Waals surface area contributed by atoms with Crippen molar-refractivity contribution in [3.8, 4) is 95.5 Å². The molecule has 5 heteroatoms. The zero-order valence-corrected chi connectivity index (χ0v) is 56.7. The average Bonchev–Trinajstić information content (AvgIpc) is 1.64. The molecular formula is C90H88N4O. The number of rotatable bonds is 7. The highest BCUT2D eigenvalue weighted by Crippen LogP contribution is 2.54. The molecule has 10 aromatic carbocycles. The molecule has 3 aromatic heterocycles. The Hall–Kier alpha value is -9.58. The molecule has 95 heavy (non-hydrogen) atoms. The van der Waals surface area contributed by atoms with E-state index in [1.807, 2.05) is 76.0 Å². The van der Waals surface area contributed by atoms with Crippen molar-refractivity contribution in [1.82, 2.24) is 14.1 Å². The number of fused-ring (bicyclic) bond motifs is 11. The molecule has 0 atom stereocenters. The van der Waals surface area contributed by atoms with Crippen LogP contribution in [0.15, 0.2) is 200 Å². The summed E-state index contributed by atoms with van der Waals surface area (Å²) in [7, 11) is 0. The van der Waals surface area contributed by atoms with E-state index < -0.39 is 32.8 Å². The average molecular weight is 1250 g/mol. The molecule has 5 nitrogen and oxygen atoms in total. The third-order valence-electron chi connectivity index (χ3n) is 20.4. The fourth-order valence-corrected chi connectivity index (χ4v) is 14.8. The molecule has 0 fully saturated rings. The molecule has 0 bridgehead atoms. The van der Waals surface area contributed by atoms with Gasteiger partial charge in [0.1, 0.15) is 17.3 Å². The van der Waals surface area contributed by atoms with E-state index in [4.69, 9.17) is 17.9 Å². The van der Waals surface area contributed by atoms with Crippen molar-refractivity contribution >= 4 is 32.8 Å². The highest BCUT2D eigenvalue weighted by atomic mass is 16.5. The van der Waals surface area contributed by atoms with Gasteiger partial charge in [0.05, 0.1) is 33.4 Å². The third kappa shape index (κ3) is 10.4. The summed E-state index contributed by atoms with van der Waals surface area (Å²) in [4.78, 5) is 4.95. The summed E-state index contributed by atoms with van der Waals surface area (Å²) < 4.78 is 125. The molecule has 1 aliphatic heterocycles. The van der Waals surface area contributed by atoms with Crippen molar-refractivity contribution in [3.05, 3.63) is 257 Å². The first kappa shape index (κ1) is 49.0. The van der Waals surface area contributed by atoms with Gasteiger partial charge in [0.2, 0.25) is 0 Å². The summed E-state index contributed by atoms with van der Waals surface area (Å²) in [6.45, 7) is 17.3. The fraction of sp³-hybridized carbons (Fsp3) is 0.267. The second-order valence-electron chi connectivity index (χ2n) is 30.9. The molecule has 0 saturated carbocycles. The Morgan fingerprint density at radius 1 is 0.442 bits per heavy atom. The second-order valence-corrected chi connectivity index (χ2v) is 30.9. The van der Waals surface area contributed by atoms with Crippen molar-refractivity contribution < 1.29 is 25.8 Å². The number of para-hydroxylation sites is 1. The van der Waals surface area contributed by atoms with Crippen LogP contribution in [0.5, 0.6) is 11.5 Å². The number of imidazole rings is 1. The number of hydrogen-bond donors (Lipinski definition) is 0. The number of aryl methyl sites for hydroxylation is 4. The van der Waals surface area contributed by atoms with Crippen LogP contribution < -0.4 is 9.30 Å². The van der Waals surface area contributed by atoms with Crippen LogP contribution in [0.3, 0.4) is 0 Å². The Labute approximate surface area is 579 Å². The van der Waals surface area contributed by atoms with Crippen molar-refractivity contribution in [1.29, 1.82) is 0 Å². The summed E-state index contributed by atoms with van der Waals surface area (Å²) in [5.41, 5.74) is 13.5. The Balaban J connectivity index is 1.12. The van der Waals surface area contributed by atoms with Crippen molar-refractivity contribution in [2.24, 2.45) is 0 Å². The maximum Gasteiger partial charge on any atom is 0.269 e. The van der Waals surface area contributed by atoms with Crippen LogP contribution in [0.2, 0.25) is 0 Å². The number of benzene rings is 10. The fourth-order valence-electron chi connectivity index (χ4n) is 14.8. The first-order chi connectivity index (χ1) is 50.0. The SMILES string of the molecule is [2H]C([2H])([2H])c1cccc(C([2H])([2H])[2H])c1-c1cc2c(c(-c3c(C([2H])([2H])[2H])cccc3C([2H])([2H])[2H])c1)-[n+]1[c-]n(-c3cccc(Oc4ccc5c6ccccc6n(-c6cc(C(C)(C)C)ccn6)c5c4)c3)c3cc(-c4cc(C(C)(C)C)cc(C(C)(C)C)c4)cc(c31)-c1ccccc1-c1cc3c(cc1-2)C(C)(C)CCC3(C)C. The molecule has 0 radical (unpaired) electrons. The summed E-state index contributed by atoms with van der Waals surface area (Å²) >= 11 is 0. The summed E-state index contributed by atoms with van der Waals surface area (Å²) in [5, 5.41) is 2.09. The zero-order valence-electron chi connectivity index (χ0n) is 68.7. The lowest BCUT2D eigenvalue weighted by Crippen LogP contribution is -2.34. The number of aromatic nitrogens is 4. The lowest BCUT2D eigenvalue weighted by Gasteiger charge is -2.42. The number of hydrogen-bond acceptors (Lipinski definition) is 2. The molecule has 2 aliphatic rings. The van der Waals surface area contributed by atoms with Crippen LogP contribution in [0, 0.1) is 33.7 Å². The molecule has 0 spiro atoms.